The highest BCUT2D eigenvalue weighted by Crippen LogP contribution is 2.35. The summed E-state index contributed by atoms with van der Waals surface area (Å²) in [5.41, 5.74) is -0.0386. The molecule has 3 rings (SSSR count). The van der Waals surface area contributed by atoms with E-state index < -0.39 is 0 Å². The molecule has 126 valence electrons. The van der Waals surface area contributed by atoms with Gasteiger partial charge >= 0.3 is 0 Å². The van der Waals surface area contributed by atoms with Crippen LogP contribution in [0.4, 0.5) is 0 Å². The molecular weight excluding hydrogens is 278 g/mol. The maximum absolute atomic E-state index is 12.5. The Kier molecular flexibility index (Phi) is 5.40. The Hall–Kier alpha value is -0.610. The molecule has 2 atom stereocenters. The summed E-state index contributed by atoms with van der Waals surface area (Å²) in [6, 6.07) is 0.283. The lowest BCUT2D eigenvalue weighted by molar-refractivity contribution is -0.145. The second-order valence-electron chi connectivity index (χ2n) is 7.63. The summed E-state index contributed by atoms with van der Waals surface area (Å²) in [7, 11) is 0. The molecule has 1 N–H and O–H groups in total. The van der Waals surface area contributed by atoms with Crippen molar-refractivity contribution in [2.24, 2.45) is 11.8 Å². The zero-order chi connectivity index (χ0) is 15.4. The predicted octanol–water partition coefficient (Wildman–Crippen LogP) is 3.05. The van der Waals surface area contributed by atoms with E-state index >= 15 is 0 Å². The number of rotatable bonds is 4. The van der Waals surface area contributed by atoms with Gasteiger partial charge in [-0.2, -0.15) is 0 Å². The second kappa shape index (κ2) is 7.31. The van der Waals surface area contributed by atoms with Gasteiger partial charge in [0, 0.05) is 31.8 Å². The van der Waals surface area contributed by atoms with Gasteiger partial charge in [-0.05, 0) is 38.0 Å². The Balaban J connectivity index is 1.47. The first-order chi connectivity index (χ1) is 10.7. The molecule has 4 heteroatoms. The van der Waals surface area contributed by atoms with Crippen molar-refractivity contribution in [3.05, 3.63) is 0 Å². The second-order valence-corrected chi connectivity index (χ2v) is 7.63. The van der Waals surface area contributed by atoms with Crippen molar-refractivity contribution in [1.82, 2.24) is 5.32 Å². The number of carbonyl (C=O) groups excluding carboxylic acids is 1. The number of nitrogens with one attached hydrogen (secondary N) is 1. The molecule has 0 unspecified atom stereocenters. The van der Waals surface area contributed by atoms with Crippen LogP contribution in [0.1, 0.15) is 64.7 Å². The minimum Gasteiger partial charge on any atom is -0.381 e. The van der Waals surface area contributed by atoms with Gasteiger partial charge in [0.25, 0.3) is 0 Å². The third-order valence-electron chi connectivity index (χ3n) is 5.85. The molecule has 0 aromatic rings. The summed E-state index contributed by atoms with van der Waals surface area (Å²) in [4.78, 5) is 12.5. The molecule has 2 aliphatic heterocycles. The van der Waals surface area contributed by atoms with Crippen LogP contribution in [-0.2, 0) is 14.3 Å². The minimum absolute atomic E-state index is 0.0386. The van der Waals surface area contributed by atoms with Crippen LogP contribution in [0.5, 0.6) is 0 Å². The van der Waals surface area contributed by atoms with Crippen molar-refractivity contribution in [2.75, 3.05) is 19.8 Å². The SMILES string of the molecule is C[C@H](CC1CCCC1)C(=O)N[C@H]1CCOC2(CCOCC2)C1. The first-order valence-corrected chi connectivity index (χ1v) is 9.19. The molecule has 0 aromatic carbocycles. The van der Waals surface area contributed by atoms with Gasteiger partial charge in [0.15, 0.2) is 0 Å². The molecule has 2 saturated heterocycles. The fourth-order valence-electron chi connectivity index (χ4n) is 4.44. The van der Waals surface area contributed by atoms with Crippen molar-refractivity contribution in [2.45, 2.75) is 76.4 Å². The molecule has 4 nitrogen and oxygen atoms in total. The lowest BCUT2D eigenvalue weighted by atomic mass is 9.84. The number of amides is 1. The highest BCUT2D eigenvalue weighted by molar-refractivity contribution is 5.78. The fourth-order valence-corrected chi connectivity index (χ4v) is 4.44. The molecular formula is C18H31NO3. The highest BCUT2D eigenvalue weighted by atomic mass is 16.5. The summed E-state index contributed by atoms with van der Waals surface area (Å²) in [5.74, 6) is 1.18. The van der Waals surface area contributed by atoms with Crippen LogP contribution in [0.2, 0.25) is 0 Å². The Morgan fingerprint density at radius 1 is 1.18 bits per heavy atom. The highest BCUT2D eigenvalue weighted by Gasteiger charge is 2.39. The molecule has 2 heterocycles. The average Bonchev–Trinajstić information content (AvgIpc) is 3.01. The number of hydrogen-bond acceptors (Lipinski definition) is 3. The lowest BCUT2D eigenvalue weighted by Crippen LogP contribution is -2.51. The van der Waals surface area contributed by atoms with Crippen LogP contribution in [0, 0.1) is 11.8 Å². The van der Waals surface area contributed by atoms with Crippen molar-refractivity contribution in [1.29, 1.82) is 0 Å². The Bertz CT molecular complexity index is 367. The molecule has 0 aromatic heterocycles. The minimum atomic E-state index is -0.0386. The zero-order valence-corrected chi connectivity index (χ0v) is 13.9. The monoisotopic (exact) mass is 309 g/mol. The third-order valence-corrected chi connectivity index (χ3v) is 5.85. The van der Waals surface area contributed by atoms with Crippen LogP contribution in [0.3, 0.4) is 0 Å². The van der Waals surface area contributed by atoms with Crippen LogP contribution in [0.25, 0.3) is 0 Å². The van der Waals surface area contributed by atoms with Crippen LogP contribution >= 0.6 is 0 Å². The van der Waals surface area contributed by atoms with Crippen molar-refractivity contribution >= 4 is 5.91 Å². The van der Waals surface area contributed by atoms with Gasteiger partial charge in [-0.1, -0.05) is 32.6 Å². The van der Waals surface area contributed by atoms with Gasteiger partial charge in [0.1, 0.15) is 0 Å². The number of carbonyl (C=O) groups is 1. The van der Waals surface area contributed by atoms with E-state index in [0.717, 1.165) is 57.8 Å². The van der Waals surface area contributed by atoms with Gasteiger partial charge < -0.3 is 14.8 Å². The lowest BCUT2D eigenvalue weighted by Gasteiger charge is -2.43. The summed E-state index contributed by atoms with van der Waals surface area (Å²) < 4.78 is 11.5. The molecule has 1 aliphatic carbocycles. The van der Waals surface area contributed by atoms with Gasteiger partial charge in [-0.25, -0.2) is 0 Å². The van der Waals surface area contributed by atoms with Crippen LogP contribution in [0.15, 0.2) is 0 Å². The largest absolute Gasteiger partial charge is 0.381 e. The standard InChI is InChI=1S/C18H31NO3/c1-14(12-15-4-2-3-5-15)17(20)19-16-6-9-22-18(13-16)7-10-21-11-8-18/h14-16H,2-13H2,1H3,(H,19,20)/t14-,16+/m1/s1. The van der Waals surface area contributed by atoms with Gasteiger partial charge in [-0.3, -0.25) is 4.79 Å². The molecule has 1 saturated carbocycles. The van der Waals surface area contributed by atoms with E-state index in [1.807, 2.05) is 0 Å². The summed E-state index contributed by atoms with van der Waals surface area (Å²) in [5, 5.41) is 3.30. The van der Waals surface area contributed by atoms with E-state index in [1.54, 1.807) is 0 Å². The van der Waals surface area contributed by atoms with Gasteiger partial charge in [0.2, 0.25) is 5.91 Å². The Labute approximate surface area is 134 Å². The van der Waals surface area contributed by atoms with Crippen molar-refractivity contribution in [3.8, 4) is 0 Å². The van der Waals surface area contributed by atoms with Gasteiger partial charge in [0.05, 0.1) is 5.60 Å². The smallest absolute Gasteiger partial charge is 0.223 e. The molecule has 0 bridgehead atoms. The van der Waals surface area contributed by atoms with E-state index in [-0.39, 0.29) is 23.5 Å². The summed E-state index contributed by atoms with van der Waals surface area (Å²) in [6.07, 6.45) is 10.2. The normalized spacial score (nSPS) is 30.3. The predicted molar refractivity (Wildman–Crippen MR) is 85.6 cm³/mol. The zero-order valence-electron chi connectivity index (χ0n) is 13.9. The van der Waals surface area contributed by atoms with E-state index in [9.17, 15) is 4.79 Å². The van der Waals surface area contributed by atoms with Crippen molar-refractivity contribution < 1.29 is 14.3 Å². The molecule has 1 spiro atoms. The molecule has 22 heavy (non-hydrogen) atoms. The molecule has 3 fully saturated rings. The fraction of sp³-hybridized carbons (Fsp3) is 0.944. The van der Waals surface area contributed by atoms with E-state index in [1.165, 1.54) is 25.7 Å². The molecule has 0 radical (unpaired) electrons. The number of hydrogen-bond donors (Lipinski definition) is 1. The maximum Gasteiger partial charge on any atom is 0.223 e. The van der Waals surface area contributed by atoms with E-state index in [2.05, 4.69) is 12.2 Å². The first-order valence-electron chi connectivity index (χ1n) is 9.19. The number of ether oxygens (including phenoxy) is 2. The summed E-state index contributed by atoms with van der Waals surface area (Å²) in [6.45, 7) is 4.44. The van der Waals surface area contributed by atoms with Crippen molar-refractivity contribution in [3.63, 3.8) is 0 Å². The van der Waals surface area contributed by atoms with Gasteiger partial charge in [-0.15, -0.1) is 0 Å². The topological polar surface area (TPSA) is 47.6 Å². The third kappa shape index (κ3) is 4.02. The van der Waals surface area contributed by atoms with E-state index in [0.29, 0.717) is 0 Å². The van der Waals surface area contributed by atoms with Crippen LogP contribution < -0.4 is 5.32 Å². The Morgan fingerprint density at radius 3 is 2.64 bits per heavy atom. The quantitative estimate of drug-likeness (QED) is 0.868. The Morgan fingerprint density at radius 2 is 1.91 bits per heavy atom. The van der Waals surface area contributed by atoms with E-state index in [4.69, 9.17) is 9.47 Å². The summed E-state index contributed by atoms with van der Waals surface area (Å²) >= 11 is 0. The molecule has 3 aliphatic rings. The first kappa shape index (κ1) is 16.3. The maximum atomic E-state index is 12.5. The van der Waals surface area contributed by atoms with Crippen LogP contribution in [-0.4, -0.2) is 37.4 Å². The molecule has 1 amide bonds. The average molecular weight is 309 g/mol.